The van der Waals surface area contributed by atoms with Crippen molar-refractivity contribution in [2.24, 2.45) is 7.05 Å². The molecule has 0 bridgehead atoms. The number of piperidine rings is 1. The van der Waals surface area contributed by atoms with E-state index in [9.17, 15) is 22.8 Å². The Hall–Kier alpha value is -3.80. The van der Waals surface area contributed by atoms with Crippen LogP contribution in [0, 0.1) is 0 Å². The lowest BCUT2D eigenvalue weighted by Gasteiger charge is -2.32. The van der Waals surface area contributed by atoms with Gasteiger partial charge in [-0.2, -0.15) is 13.2 Å². The van der Waals surface area contributed by atoms with Gasteiger partial charge in [-0.3, -0.25) is 9.59 Å². The van der Waals surface area contributed by atoms with Crippen LogP contribution in [0.3, 0.4) is 0 Å². The van der Waals surface area contributed by atoms with Gasteiger partial charge in [0.25, 0.3) is 5.91 Å². The smallest absolute Gasteiger partial charge is 0.422 e. The van der Waals surface area contributed by atoms with Crippen LogP contribution in [0.5, 0.6) is 11.5 Å². The number of rotatable bonds is 8. The molecule has 1 aromatic carbocycles. The average molecular weight is 549 g/mol. The van der Waals surface area contributed by atoms with Crippen molar-refractivity contribution in [1.82, 2.24) is 19.8 Å². The Kier molecular flexibility index (Phi) is 8.34. The number of benzene rings is 1. The number of hydrogen-bond acceptors (Lipinski definition) is 6. The van der Waals surface area contributed by atoms with Gasteiger partial charge in [0.05, 0.1) is 18.2 Å². The van der Waals surface area contributed by atoms with Gasteiger partial charge in [0.2, 0.25) is 5.91 Å². The summed E-state index contributed by atoms with van der Waals surface area (Å²) in [5, 5.41) is 12.2. The van der Waals surface area contributed by atoms with Crippen molar-refractivity contribution in [1.29, 1.82) is 0 Å². The van der Waals surface area contributed by atoms with Gasteiger partial charge in [0.15, 0.2) is 18.1 Å². The minimum Gasteiger partial charge on any atom is -0.496 e. The van der Waals surface area contributed by atoms with Crippen LogP contribution in [0.1, 0.15) is 35.9 Å². The van der Waals surface area contributed by atoms with Crippen molar-refractivity contribution in [2.75, 3.05) is 33.4 Å². The van der Waals surface area contributed by atoms with E-state index in [2.05, 4.69) is 5.32 Å². The Morgan fingerprint density at radius 3 is 2.49 bits per heavy atom. The molecular formula is C27H31F3N4O5. The number of amides is 2. The zero-order chi connectivity index (χ0) is 28.3. The Morgan fingerprint density at radius 2 is 1.87 bits per heavy atom. The summed E-state index contributed by atoms with van der Waals surface area (Å²) in [4.78, 5) is 31.5. The Morgan fingerprint density at radius 1 is 1.18 bits per heavy atom. The number of carbonyl (C=O) groups is 2. The lowest BCUT2D eigenvalue weighted by Crippen LogP contribution is -2.47. The maximum Gasteiger partial charge on any atom is 0.422 e. The SMILES string of the molecule is CCc1nc2c(cc1-c1ccccc1OC)c(OCC(F)(F)F)c(C(=O)NC1CCN(C(=O)CO)CC1)n2C. The van der Waals surface area contributed by atoms with Crippen molar-refractivity contribution in [3.05, 3.63) is 41.7 Å². The Labute approximate surface area is 223 Å². The number of nitrogens with one attached hydrogen (secondary N) is 1. The number of ether oxygens (including phenoxy) is 2. The lowest BCUT2D eigenvalue weighted by molar-refractivity contribution is -0.153. The third-order valence-electron chi connectivity index (χ3n) is 6.84. The van der Waals surface area contributed by atoms with Gasteiger partial charge in [-0.15, -0.1) is 0 Å². The van der Waals surface area contributed by atoms with Crippen LogP contribution in [-0.4, -0.2) is 77.0 Å². The number of likely N-dealkylation sites (tertiary alicyclic amines) is 1. The molecule has 1 saturated heterocycles. The number of aromatic nitrogens is 2. The summed E-state index contributed by atoms with van der Waals surface area (Å²) >= 11 is 0. The molecule has 12 heteroatoms. The molecule has 1 fully saturated rings. The summed E-state index contributed by atoms with van der Waals surface area (Å²) in [5.74, 6) is -0.621. The lowest BCUT2D eigenvalue weighted by atomic mass is 10.00. The van der Waals surface area contributed by atoms with Crippen molar-refractivity contribution < 1.29 is 37.3 Å². The highest BCUT2D eigenvalue weighted by atomic mass is 19.4. The van der Waals surface area contributed by atoms with Crippen molar-refractivity contribution in [3.63, 3.8) is 0 Å². The number of aliphatic hydroxyl groups is 1. The molecule has 3 heterocycles. The maximum atomic E-state index is 13.5. The highest BCUT2D eigenvalue weighted by Gasteiger charge is 2.33. The molecule has 1 aliphatic rings. The van der Waals surface area contributed by atoms with E-state index in [4.69, 9.17) is 19.6 Å². The number of aliphatic hydroxyl groups excluding tert-OH is 1. The maximum absolute atomic E-state index is 13.5. The number of carbonyl (C=O) groups excluding carboxylic acids is 2. The first kappa shape index (κ1) is 28.2. The van der Waals surface area contributed by atoms with Crippen LogP contribution in [0.4, 0.5) is 13.2 Å². The van der Waals surface area contributed by atoms with E-state index in [1.807, 2.05) is 25.1 Å². The molecule has 2 aromatic heterocycles. The summed E-state index contributed by atoms with van der Waals surface area (Å²) in [7, 11) is 3.10. The number of nitrogens with zero attached hydrogens (tertiary/aromatic N) is 3. The summed E-state index contributed by atoms with van der Waals surface area (Å²) in [6.07, 6.45) is -3.21. The van der Waals surface area contributed by atoms with E-state index in [1.54, 1.807) is 19.2 Å². The molecule has 0 saturated carbocycles. The standard InChI is InChI=1S/C27H31F3N4O5/c1-4-20-18(17-7-5-6-8-21(17)38-3)13-19-24(39-15-27(28,29)30)23(33(2)25(19)32-20)26(37)31-16-9-11-34(12-10-16)22(36)14-35/h5-8,13,16,35H,4,9-12,14-15H2,1-3H3,(H,31,37). The molecular weight excluding hydrogens is 517 g/mol. The van der Waals surface area contributed by atoms with E-state index < -0.39 is 25.3 Å². The number of hydrogen-bond donors (Lipinski definition) is 2. The molecule has 0 unspecified atom stereocenters. The minimum atomic E-state index is -4.62. The minimum absolute atomic E-state index is 0.0742. The number of methoxy groups -OCH3 is 1. The first-order valence-corrected chi connectivity index (χ1v) is 12.6. The molecule has 39 heavy (non-hydrogen) atoms. The molecule has 0 radical (unpaired) electrons. The van der Waals surface area contributed by atoms with E-state index in [0.717, 1.165) is 0 Å². The summed E-state index contributed by atoms with van der Waals surface area (Å²) in [5.41, 5.74) is 2.30. The van der Waals surface area contributed by atoms with Gasteiger partial charge in [-0.05, 0) is 31.4 Å². The van der Waals surface area contributed by atoms with Gasteiger partial charge in [0.1, 0.15) is 18.0 Å². The monoisotopic (exact) mass is 548 g/mol. The van der Waals surface area contributed by atoms with E-state index in [-0.39, 0.29) is 28.8 Å². The highest BCUT2D eigenvalue weighted by Crippen LogP contribution is 2.39. The molecule has 3 aromatic rings. The van der Waals surface area contributed by atoms with Crippen LogP contribution in [0.25, 0.3) is 22.2 Å². The molecule has 0 spiro atoms. The van der Waals surface area contributed by atoms with E-state index in [0.29, 0.717) is 60.6 Å². The fraction of sp³-hybridized carbons (Fsp3) is 0.444. The van der Waals surface area contributed by atoms with Crippen LogP contribution >= 0.6 is 0 Å². The number of alkyl halides is 3. The highest BCUT2D eigenvalue weighted by molar-refractivity contribution is 6.04. The number of fused-ring (bicyclic) bond motifs is 1. The van der Waals surface area contributed by atoms with Crippen LogP contribution in [0.2, 0.25) is 0 Å². The van der Waals surface area contributed by atoms with Crippen LogP contribution in [0.15, 0.2) is 30.3 Å². The average Bonchev–Trinajstić information content (AvgIpc) is 3.21. The third kappa shape index (κ3) is 5.95. The van der Waals surface area contributed by atoms with Crippen molar-refractivity contribution >= 4 is 22.8 Å². The zero-order valence-corrected chi connectivity index (χ0v) is 22.0. The van der Waals surface area contributed by atoms with E-state index >= 15 is 0 Å². The number of aryl methyl sites for hydroxylation is 2. The first-order chi connectivity index (χ1) is 18.6. The van der Waals surface area contributed by atoms with Gasteiger partial charge in [-0.1, -0.05) is 25.1 Å². The zero-order valence-electron chi connectivity index (χ0n) is 22.0. The predicted molar refractivity (Wildman–Crippen MR) is 138 cm³/mol. The third-order valence-corrected chi connectivity index (χ3v) is 6.84. The fourth-order valence-corrected chi connectivity index (χ4v) is 4.90. The molecule has 0 atom stereocenters. The molecule has 9 nitrogen and oxygen atoms in total. The second kappa shape index (κ2) is 11.5. The van der Waals surface area contributed by atoms with E-state index in [1.165, 1.54) is 16.6 Å². The Balaban J connectivity index is 1.76. The summed E-state index contributed by atoms with van der Waals surface area (Å²) < 4.78 is 51.9. The van der Waals surface area contributed by atoms with Gasteiger partial charge < -0.3 is 29.4 Å². The molecule has 1 aliphatic heterocycles. The van der Waals surface area contributed by atoms with Crippen molar-refractivity contribution in [2.45, 2.75) is 38.4 Å². The molecule has 0 aliphatic carbocycles. The molecule has 210 valence electrons. The first-order valence-electron chi connectivity index (χ1n) is 12.6. The summed E-state index contributed by atoms with van der Waals surface area (Å²) in [6.45, 7) is 0.448. The fourth-order valence-electron chi connectivity index (χ4n) is 4.90. The normalized spacial score (nSPS) is 14.5. The number of halogens is 3. The molecule has 2 amide bonds. The summed E-state index contributed by atoms with van der Waals surface area (Å²) in [6, 6.07) is 8.64. The van der Waals surface area contributed by atoms with Gasteiger partial charge in [-0.25, -0.2) is 4.98 Å². The predicted octanol–water partition coefficient (Wildman–Crippen LogP) is 3.47. The van der Waals surface area contributed by atoms with Crippen molar-refractivity contribution in [3.8, 4) is 22.6 Å². The largest absolute Gasteiger partial charge is 0.496 e. The Bertz CT molecular complexity index is 1360. The second-order valence-electron chi connectivity index (χ2n) is 9.33. The molecule has 2 N–H and O–H groups in total. The quantitative estimate of drug-likeness (QED) is 0.447. The van der Waals surface area contributed by atoms with Crippen LogP contribution in [-0.2, 0) is 18.3 Å². The van der Waals surface area contributed by atoms with Crippen LogP contribution < -0.4 is 14.8 Å². The second-order valence-corrected chi connectivity index (χ2v) is 9.33. The number of pyridine rings is 1. The topological polar surface area (TPSA) is 106 Å². The van der Waals surface area contributed by atoms with Gasteiger partial charge in [0, 0.05) is 37.3 Å². The number of para-hydroxylation sites is 1. The van der Waals surface area contributed by atoms with Gasteiger partial charge >= 0.3 is 6.18 Å². The molecule has 4 rings (SSSR count).